The minimum atomic E-state index is -2.78. The van der Waals surface area contributed by atoms with Gasteiger partial charge in [-0.25, -0.2) is 8.78 Å². The minimum absolute atomic E-state index is 0.0850. The Morgan fingerprint density at radius 2 is 2.15 bits per heavy atom. The zero-order valence-electron chi connectivity index (χ0n) is 6.18. The van der Waals surface area contributed by atoms with Crippen LogP contribution in [0.3, 0.4) is 0 Å². The number of nitrogens with one attached hydrogen (secondary N) is 1. The molecule has 1 N–H and O–H groups in total. The van der Waals surface area contributed by atoms with Crippen molar-refractivity contribution in [1.82, 2.24) is 4.98 Å². The fraction of sp³-hybridized carbons (Fsp3) is 0.143. The lowest BCUT2D eigenvalue weighted by atomic mass is 10.3. The largest absolute Gasteiger partial charge is 0.350 e. The molecule has 0 saturated heterocycles. The maximum atomic E-state index is 12.2. The van der Waals surface area contributed by atoms with E-state index < -0.39 is 17.5 Å². The first-order valence-electron chi connectivity index (χ1n) is 3.22. The van der Waals surface area contributed by atoms with Crippen LogP contribution in [0.1, 0.15) is 22.6 Å². The van der Waals surface area contributed by atoms with E-state index in [2.05, 4.69) is 4.98 Å². The molecule has 70 valence electrons. The van der Waals surface area contributed by atoms with Gasteiger partial charge in [0.15, 0.2) is 11.7 Å². The number of pyridine rings is 1. The van der Waals surface area contributed by atoms with Gasteiger partial charge in [-0.1, -0.05) is 0 Å². The van der Waals surface area contributed by atoms with Gasteiger partial charge in [-0.3, -0.25) is 9.59 Å². The van der Waals surface area contributed by atoms with Crippen molar-refractivity contribution < 1.29 is 13.6 Å². The molecule has 13 heavy (non-hydrogen) atoms. The lowest BCUT2D eigenvalue weighted by Crippen LogP contribution is -2.12. The van der Waals surface area contributed by atoms with Crippen LogP contribution in [-0.4, -0.2) is 11.3 Å². The summed E-state index contributed by atoms with van der Waals surface area (Å²) in [5.74, 6) is 0. The molecule has 0 fully saturated rings. The van der Waals surface area contributed by atoms with E-state index in [1.54, 1.807) is 0 Å². The number of hydrogen-bond donors (Lipinski definition) is 1. The first-order chi connectivity index (χ1) is 6.06. The van der Waals surface area contributed by atoms with Crippen LogP contribution in [0.5, 0.6) is 0 Å². The quantitative estimate of drug-likeness (QED) is 0.668. The molecule has 0 aliphatic carbocycles. The lowest BCUT2D eigenvalue weighted by molar-refractivity contribution is 0.111. The van der Waals surface area contributed by atoms with Crippen molar-refractivity contribution in [3.05, 3.63) is 31.2 Å². The molecule has 0 amide bonds. The minimum Gasteiger partial charge on any atom is -0.350 e. The van der Waals surface area contributed by atoms with E-state index in [1.807, 2.05) is 0 Å². The Labute approximate surface area is 85.3 Å². The maximum absolute atomic E-state index is 12.2. The molecule has 1 aromatic heterocycles. The topological polar surface area (TPSA) is 49.9 Å². The van der Waals surface area contributed by atoms with Crippen LogP contribution < -0.4 is 5.43 Å². The maximum Gasteiger partial charge on any atom is 0.279 e. The summed E-state index contributed by atoms with van der Waals surface area (Å²) >= 11 is 1.51. The Morgan fingerprint density at radius 3 is 2.62 bits per heavy atom. The normalized spacial score (nSPS) is 10.5. The first kappa shape index (κ1) is 10.3. The predicted molar refractivity (Wildman–Crippen MR) is 50.1 cm³/mol. The van der Waals surface area contributed by atoms with Gasteiger partial charge in [0.25, 0.3) is 6.43 Å². The summed E-state index contributed by atoms with van der Waals surface area (Å²) < 4.78 is 24.4. The van der Waals surface area contributed by atoms with Crippen LogP contribution >= 0.6 is 22.6 Å². The van der Waals surface area contributed by atoms with Gasteiger partial charge in [0.1, 0.15) is 0 Å². The number of carbonyl (C=O) groups excluding carboxylic acids is 1. The van der Waals surface area contributed by atoms with Gasteiger partial charge < -0.3 is 4.98 Å². The molecule has 0 aliphatic rings. The number of hydrogen-bond acceptors (Lipinski definition) is 2. The van der Waals surface area contributed by atoms with Crippen molar-refractivity contribution in [3.63, 3.8) is 0 Å². The Kier molecular flexibility index (Phi) is 3.12. The number of H-pyrrole nitrogens is 1. The van der Waals surface area contributed by atoms with Crippen molar-refractivity contribution >= 4 is 28.9 Å². The second-order valence-corrected chi connectivity index (χ2v) is 3.31. The van der Waals surface area contributed by atoms with Crippen LogP contribution in [0.4, 0.5) is 8.78 Å². The van der Waals surface area contributed by atoms with E-state index >= 15 is 0 Å². The summed E-state index contributed by atoms with van der Waals surface area (Å²) in [5, 5.41) is 0. The van der Waals surface area contributed by atoms with E-state index in [-0.39, 0.29) is 9.26 Å². The number of aromatic nitrogens is 1. The molecular formula is C7H4F2INO2. The average Bonchev–Trinajstić information content (AvgIpc) is 2.09. The highest BCUT2D eigenvalue weighted by Crippen LogP contribution is 2.19. The summed E-state index contributed by atoms with van der Waals surface area (Å²) in [4.78, 5) is 23.4. The number of halogens is 3. The summed E-state index contributed by atoms with van der Waals surface area (Å²) in [5.41, 5.74) is -1.22. The smallest absolute Gasteiger partial charge is 0.279 e. The molecule has 0 spiro atoms. The van der Waals surface area contributed by atoms with Gasteiger partial charge in [0.05, 0.1) is 15.0 Å². The fourth-order valence-electron chi connectivity index (χ4n) is 0.798. The first-order valence-corrected chi connectivity index (χ1v) is 4.30. The Morgan fingerprint density at radius 1 is 1.54 bits per heavy atom. The second kappa shape index (κ2) is 3.95. The van der Waals surface area contributed by atoms with E-state index in [9.17, 15) is 18.4 Å². The van der Waals surface area contributed by atoms with Gasteiger partial charge in [0, 0.05) is 6.07 Å². The van der Waals surface area contributed by atoms with Crippen molar-refractivity contribution in [2.24, 2.45) is 0 Å². The van der Waals surface area contributed by atoms with E-state index in [0.717, 1.165) is 6.07 Å². The zero-order chi connectivity index (χ0) is 10.0. The summed E-state index contributed by atoms with van der Waals surface area (Å²) in [6.07, 6.45) is -2.46. The lowest BCUT2D eigenvalue weighted by Gasteiger charge is -2.02. The second-order valence-electron chi connectivity index (χ2n) is 2.24. The standard InChI is InChI=1S/C7H4F2INO2/c8-7(9)6-5(10)4(13)1-3(2-12)11-6/h1-2,7H,(H,11,13). The van der Waals surface area contributed by atoms with Crippen LogP contribution in [0.25, 0.3) is 0 Å². The van der Waals surface area contributed by atoms with Crippen LogP contribution in [0, 0.1) is 3.57 Å². The molecule has 0 bridgehead atoms. The van der Waals surface area contributed by atoms with Gasteiger partial charge in [-0.2, -0.15) is 0 Å². The number of alkyl halides is 2. The predicted octanol–water partition coefficient (Wildman–Crippen LogP) is 1.73. The number of aromatic amines is 1. The third-order valence-electron chi connectivity index (χ3n) is 1.36. The molecule has 0 unspecified atom stereocenters. The third-order valence-corrected chi connectivity index (χ3v) is 2.48. The summed E-state index contributed by atoms with van der Waals surface area (Å²) in [6, 6.07) is 0.987. The summed E-state index contributed by atoms with van der Waals surface area (Å²) in [6.45, 7) is 0. The van der Waals surface area contributed by atoms with Crippen molar-refractivity contribution in [1.29, 1.82) is 0 Å². The van der Waals surface area contributed by atoms with E-state index in [1.165, 1.54) is 22.6 Å². The molecule has 0 aliphatic heterocycles. The molecular weight excluding hydrogens is 295 g/mol. The Bertz CT molecular complexity index is 389. The number of carbonyl (C=O) groups is 1. The van der Waals surface area contributed by atoms with Gasteiger partial charge in [-0.15, -0.1) is 0 Å². The highest BCUT2D eigenvalue weighted by atomic mass is 127. The van der Waals surface area contributed by atoms with Crippen LogP contribution in [0.2, 0.25) is 0 Å². The molecule has 0 saturated carbocycles. The van der Waals surface area contributed by atoms with Gasteiger partial charge in [0.2, 0.25) is 0 Å². The summed E-state index contributed by atoms with van der Waals surface area (Å²) in [7, 11) is 0. The monoisotopic (exact) mass is 299 g/mol. The van der Waals surface area contributed by atoms with Crippen LogP contribution in [0.15, 0.2) is 10.9 Å². The van der Waals surface area contributed by atoms with Crippen molar-refractivity contribution in [3.8, 4) is 0 Å². The molecule has 1 aromatic rings. The average molecular weight is 299 g/mol. The fourth-order valence-corrected chi connectivity index (χ4v) is 1.32. The Balaban J connectivity index is 3.41. The molecule has 0 aromatic carbocycles. The third kappa shape index (κ3) is 2.11. The molecule has 1 rings (SSSR count). The van der Waals surface area contributed by atoms with Crippen molar-refractivity contribution in [2.75, 3.05) is 0 Å². The number of aldehydes is 1. The Hall–Kier alpha value is -0.790. The highest BCUT2D eigenvalue weighted by Gasteiger charge is 2.15. The zero-order valence-corrected chi connectivity index (χ0v) is 8.34. The van der Waals surface area contributed by atoms with Gasteiger partial charge in [-0.05, 0) is 22.6 Å². The molecule has 1 heterocycles. The molecule has 0 atom stereocenters. The highest BCUT2D eigenvalue weighted by molar-refractivity contribution is 14.1. The molecule has 3 nitrogen and oxygen atoms in total. The van der Waals surface area contributed by atoms with E-state index in [4.69, 9.17) is 0 Å². The number of rotatable bonds is 2. The van der Waals surface area contributed by atoms with Gasteiger partial charge >= 0.3 is 0 Å². The van der Waals surface area contributed by atoms with E-state index in [0.29, 0.717) is 6.29 Å². The van der Waals surface area contributed by atoms with Crippen molar-refractivity contribution in [2.45, 2.75) is 6.43 Å². The SMILES string of the molecule is O=Cc1cc(=O)c(I)c(C(F)F)[nH]1. The molecule has 0 radical (unpaired) electrons. The molecule has 6 heteroatoms. The van der Waals surface area contributed by atoms with Crippen LogP contribution in [-0.2, 0) is 0 Å².